The van der Waals surface area contributed by atoms with Gasteiger partial charge in [0.15, 0.2) is 0 Å². The summed E-state index contributed by atoms with van der Waals surface area (Å²) in [7, 11) is 0. The Bertz CT molecular complexity index is 1210. The fraction of sp³-hybridized carbons (Fsp3) is 0.154. The molecule has 4 rings (SSSR count). The summed E-state index contributed by atoms with van der Waals surface area (Å²) >= 11 is 12.5. The molecule has 0 radical (unpaired) electrons. The summed E-state index contributed by atoms with van der Waals surface area (Å²) in [4.78, 5) is 28.5. The van der Waals surface area contributed by atoms with Gasteiger partial charge < -0.3 is 20.2 Å². The Balaban J connectivity index is 1.37. The molecule has 1 saturated heterocycles. The first-order chi connectivity index (χ1) is 16.4. The summed E-state index contributed by atoms with van der Waals surface area (Å²) in [5.41, 5.74) is 2.98. The van der Waals surface area contributed by atoms with E-state index in [1.54, 1.807) is 36.4 Å². The maximum absolute atomic E-state index is 12.4. The molecular formula is C26H23Cl2N3O3. The minimum absolute atomic E-state index is 0.0626. The third-order valence-corrected chi connectivity index (χ3v) is 6.45. The predicted octanol–water partition coefficient (Wildman–Crippen LogP) is 5.43. The third kappa shape index (κ3) is 5.53. The van der Waals surface area contributed by atoms with Crippen LogP contribution in [-0.2, 0) is 9.59 Å². The fourth-order valence-electron chi connectivity index (χ4n) is 3.89. The van der Waals surface area contributed by atoms with Crippen LogP contribution in [-0.4, -0.2) is 43.2 Å². The van der Waals surface area contributed by atoms with Crippen molar-refractivity contribution in [3.8, 4) is 0 Å². The first kappa shape index (κ1) is 23.7. The van der Waals surface area contributed by atoms with E-state index in [0.717, 1.165) is 43.6 Å². The molecule has 0 unspecified atom stereocenters. The number of carbonyl (C=O) groups excluding carboxylic acids is 1. The number of anilines is 3. The van der Waals surface area contributed by atoms with Crippen molar-refractivity contribution in [1.82, 2.24) is 0 Å². The van der Waals surface area contributed by atoms with Crippen LogP contribution < -0.4 is 15.1 Å². The van der Waals surface area contributed by atoms with Crippen molar-refractivity contribution in [3.63, 3.8) is 0 Å². The van der Waals surface area contributed by atoms with E-state index in [9.17, 15) is 14.7 Å². The van der Waals surface area contributed by atoms with E-state index in [0.29, 0.717) is 21.3 Å². The fourth-order valence-corrected chi connectivity index (χ4v) is 4.31. The van der Waals surface area contributed by atoms with Crippen molar-refractivity contribution < 1.29 is 14.7 Å². The largest absolute Gasteiger partial charge is 0.478 e. The molecule has 0 aromatic heterocycles. The van der Waals surface area contributed by atoms with E-state index in [2.05, 4.69) is 15.1 Å². The van der Waals surface area contributed by atoms with E-state index in [1.165, 1.54) is 0 Å². The lowest BCUT2D eigenvalue weighted by molar-refractivity contribution is -0.130. The molecule has 0 bridgehead atoms. The number of hydrogen-bond donors (Lipinski definition) is 2. The van der Waals surface area contributed by atoms with Gasteiger partial charge in [-0.15, -0.1) is 0 Å². The van der Waals surface area contributed by atoms with Gasteiger partial charge >= 0.3 is 5.97 Å². The van der Waals surface area contributed by atoms with E-state index in [-0.39, 0.29) is 5.57 Å². The quantitative estimate of drug-likeness (QED) is 0.446. The highest BCUT2D eigenvalue weighted by Crippen LogP contribution is 2.33. The molecule has 3 aromatic carbocycles. The second kappa shape index (κ2) is 10.6. The zero-order valence-corrected chi connectivity index (χ0v) is 19.8. The van der Waals surface area contributed by atoms with E-state index in [4.69, 9.17) is 23.2 Å². The molecule has 1 heterocycles. The second-order valence-electron chi connectivity index (χ2n) is 7.81. The maximum atomic E-state index is 12.4. The van der Waals surface area contributed by atoms with Gasteiger partial charge in [0.05, 0.1) is 21.3 Å². The normalized spacial score (nSPS) is 14.1. The van der Waals surface area contributed by atoms with Gasteiger partial charge in [-0.2, -0.15) is 0 Å². The number of hydrogen-bond acceptors (Lipinski definition) is 4. The zero-order valence-electron chi connectivity index (χ0n) is 18.2. The maximum Gasteiger partial charge on any atom is 0.336 e. The highest BCUT2D eigenvalue weighted by molar-refractivity contribution is 6.43. The highest BCUT2D eigenvalue weighted by atomic mass is 35.5. The molecule has 0 aliphatic carbocycles. The van der Waals surface area contributed by atoms with Crippen LogP contribution in [0.4, 0.5) is 17.1 Å². The standard InChI is InChI=1S/C26H23Cl2N3O3/c27-22-7-4-8-23(25(22)28)31-15-13-30(14-16-31)20-11-9-19(10-12-20)29-24(32)17-21(26(33)34)18-5-2-1-3-6-18/h1-12,17H,13-16H2,(H,29,32)(H,33,34)/b21-17-. The van der Waals surface area contributed by atoms with Crippen molar-refractivity contribution >= 4 is 57.7 Å². The van der Waals surface area contributed by atoms with Crippen molar-refractivity contribution in [3.05, 3.63) is 94.5 Å². The summed E-state index contributed by atoms with van der Waals surface area (Å²) in [6, 6.07) is 21.7. The van der Waals surface area contributed by atoms with E-state index >= 15 is 0 Å². The van der Waals surface area contributed by atoms with Crippen LogP contribution in [0.2, 0.25) is 10.0 Å². The predicted molar refractivity (Wildman–Crippen MR) is 138 cm³/mol. The summed E-state index contributed by atoms with van der Waals surface area (Å²) in [5.74, 6) is -1.66. The van der Waals surface area contributed by atoms with Crippen LogP contribution in [0.3, 0.4) is 0 Å². The molecule has 0 atom stereocenters. The molecule has 1 amide bonds. The van der Waals surface area contributed by atoms with Gasteiger partial charge in [-0.3, -0.25) is 4.79 Å². The zero-order chi connectivity index (χ0) is 24.1. The summed E-state index contributed by atoms with van der Waals surface area (Å²) in [6.07, 6.45) is 1.10. The molecule has 174 valence electrons. The SMILES string of the molecule is O=C(/C=C(\C(=O)O)c1ccccc1)Nc1ccc(N2CCN(c3cccc(Cl)c3Cl)CC2)cc1. The van der Waals surface area contributed by atoms with Crippen LogP contribution in [0.5, 0.6) is 0 Å². The number of aliphatic carboxylic acids is 1. The van der Waals surface area contributed by atoms with Gasteiger partial charge in [-0.05, 0) is 42.0 Å². The third-order valence-electron chi connectivity index (χ3n) is 5.64. The van der Waals surface area contributed by atoms with Crippen molar-refractivity contribution in [1.29, 1.82) is 0 Å². The smallest absolute Gasteiger partial charge is 0.336 e. The Labute approximate surface area is 208 Å². The molecule has 1 aliphatic heterocycles. The monoisotopic (exact) mass is 495 g/mol. The Morgan fingerprint density at radius 1 is 0.824 bits per heavy atom. The number of halogens is 2. The van der Waals surface area contributed by atoms with Gasteiger partial charge in [0.2, 0.25) is 5.91 Å². The second-order valence-corrected chi connectivity index (χ2v) is 8.60. The molecule has 0 saturated carbocycles. The molecule has 34 heavy (non-hydrogen) atoms. The number of amides is 1. The molecular weight excluding hydrogens is 473 g/mol. The van der Waals surface area contributed by atoms with Crippen molar-refractivity contribution in [2.75, 3.05) is 41.3 Å². The van der Waals surface area contributed by atoms with Gasteiger partial charge in [-0.25, -0.2) is 4.79 Å². The lowest BCUT2D eigenvalue weighted by Crippen LogP contribution is -2.46. The molecule has 1 fully saturated rings. The average molecular weight is 496 g/mol. The van der Waals surface area contributed by atoms with Gasteiger partial charge in [-0.1, -0.05) is 59.6 Å². The van der Waals surface area contributed by atoms with Gasteiger partial charge in [0, 0.05) is 43.6 Å². The number of nitrogens with zero attached hydrogens (tertiary/aromatic N) is 2. The summed E-state index contributed by atoms with van der Waals surface area (Å²) in [6.45, 7) is 3.24. The Morgan fingerprint density at radius 3 is 2.12 bits per heavy atom. The average Bonchev–Trinajstić information content (AvgIpc) is 2.85. The van der Waals surface area contributed by atoms with Crippen molar-refractivity contribution in [2.24, 2.45) is 0 Å². The lowest BCUT2D eigenvalue weighted by atomic mass is 10.1. The van der Waals surface area contributed by atoms with Crippen molar-refractivity contribution in [2.45, 2.75) is 0 Å². The molecule has 8 heteroatoms. The van der Waals surface area contributed by atoms with E-state index < -0.39 is 11.9 Å². The molecule has 3 aromatic rings. The van der Waals surface area contributed by atoms with Crippen LogP contribution >= 0.6 is 23.2 Å². The molecule has 2 N–H and O–H groups in total. The van der Waals surface area contributed by atoms with Gasteiger partial charge in [0.1, 0.15) is 0 Å². The summed E-state index contributed by atoms with van der Waals surface area (Å²) in [5, 5.41) is 13.3. The number of piperazine rings is 1. The first-order valence-corrected chi connectivity index (χ1v) is 11.5. The van der Waals surface area contributed by atoms with Crippen LogP contribution in [0.25, 0.3) is 5.57 Å². The van der Waals surface area contributed by atoms with E-state index in [1.807, 2.05) is 36.4 Å². The number of carboxylic acids is 1. The minimum Gasteiger partial charge on any atom is -0.478 e. The number of nitrogens with one attached hydrogen (secondary N) is 1. The lowest BCUT2D eigenvalue weighted by Gasteiger charge is -2.37. The number of benzene rings is 3. The summed E-state index contributed by atoms with van der Waals surface area (Å²) < 4.78 is 0. The minimum atomic E-state index is -1.16. The molecule has 6 nitrogen and oxygen atoms in total. The van der Waals surface area contributed by atoms with Crippen LogP contribution in [0.1, 0.15) is 5.56 Å². The number of carbonyl (C=O) groups is 2. The first-order valence-electron chi connectivity index (χ1n) is 10.8. The molecule has 0 spiro atoms. The Kier molecular flexibility index (Phi) is 7.40. The van der Waals surface area contributed by atoms with Crippen LogP contribution in [0, 0.1) is 0 Å². The van der Waals surface area contributed by atoms with Gasteiger partial charge in [0.25, 0.3) is 0 Å². The Hall–Kier alpha value is -3.48. The number of carboxylic acid groups (broad SMARTS) is 1. The molecule has 1 aliphatic rings. The number of rotatable bonds is 6. The van der Waals surface area contributed by atoms with Crippen LogP contribution in [0.15, 0.2) is 78.9 Å². The topological polar surface area (TPSA) is 72.9 Å². The Morgan fingerprint density at radius 2 is 1.47 bits per heavy atom. The highest BCUT2D eigenvalue weighted by Gasteiger charge is 2.20.